The van der Waals surface area contributed by atoms with E-state index in [2.05, 4.69) is 37.5 Å². The topological polar surface area (TPSA) is 120 Å². The first-order valence-corrected chi connectivity index (χ1v) is 11.1. The number of hydrogen-bond acceptors (Lipinski definition) is 6. The number of H-pyrrole nitrogens is 1. The predicted molar refractivity (Wildman–Crippen MR) is 129 cm³/mol. The van der Waals surface area contributed by atoms with E-state index in [0.717, 1.165) is 28.8 Å². The molecule has 5 rings (SSSR count). The fraction of sp³-hybridized carbons (Fsp3) is 0.208. The Bertz CT molecular complexity index is 1410. The number of nitrogens with one attached hydrogen (secondary N) is 3. The maximum atomic E-state index is 12.9. The van der Waals surface area contributed by atoms with Crippen LogP contribution in [0.15, 0.2) is 61.3 Å². The number of rotatable bonds is 6. The Labute approximate surface area is 199 Å². The van der Waals surface area contributed by atoms with E-state index in [-0.39, 0.29) is 11.9 Å². The van der Waals surface area contributed by atoms with Crippen LogP contribution in [0.3, 0.4) is 0 Å². The van der Waals surface area contributed by atoms with Crippen molar-refractivity contribution >= 4 is 29.1 Å². The number of benzene rings is 1. The van der Waals surface area contributed by atoms with E-state index in [0.29, 0.717) is 30.3 Å². The van der Waals surface area contributed by atoms with Gasteiger partial charge in [-0.3, -0.25) is 14.7 Å². The van der Waals surface area contributed by atoms with Crippen LogP contribution in [0.4, 0.5) is 16.0 Å². The number of aromatic nitrogens is 5. The van der Waals surface area contributed by atoms with Gasteiger partial charge in [0.1, 0.15) is 0 Å². The normalized spacial score (nSPS) is 15.4. The van der Waals surface area contributed by atoms with Gasteiger partial charge in [0.05, 0.1) is 6.20 Å². The molecule has 10 nitrogen and oxygen atoms in total. The molecule has 3 aromatic heterocycles. The third kappa shape index (κ3) is 4.47. The van der Waals surface area contributed by atoms with Gasteiger partial charge in [0.15, 0.2) is 11.5 Å². The molecule has 4 aromatic rings. The molecule has 2 amide bonds. The summed E-state index contributed by atoms with van der Waals surface area (Å²) < 4.78 is 14.6. The van der Waals surface area contributed by atoms with Crippen LogP contribution < -0.4 is 10.6 Å². The second-order valence-electron chi connectivity index (χ2n) is 8.36. The minimum Gasteiger partial charge on any atom is -0.348 e. The molecule has 0 bridgehead atoms. The highest BCUT2D eigenvalue weighted by molar-refractivity contribution is 6.02. The first-order valence-electron chi connectivity index (χ1n) is 11.1. The molecule has 1 unspecified atom stereocenters. The first kappa shape index (κ1) is 22.3. The summed E-state index contributed by atoms with van der Waals surface area (Å²) in [6, 6.07) is 8.31. The zero-order valence-electron chi connectivity index (χ0n) is 19.0. The van der Waals surface area contributed by atoms with Gasteiger partial charge in [-0.25, -0.2) is 8.91 Å². The highest BCUT2D eigenvalue weighted by Gasteiger charge is 2.28. The predicted octanol–water partition coefficient (Wildman–Crippen LogP) is 3.18. The molecule has 1 aliphatic rings. The number of fused-ring (bicyclic) bond motifs is 1. The van der Waals surface area contributed by atoms with Gasteiger partial charge in [-0.1, -0.05) is 6.58 Å². The minimum absolute atomic E-state index is 0.0131. The van der Waals surface area contributed by atoms with Crippen LogP contribution in [0.1, 0.15) is 22.3 Å². The maximum absolute atomic E-state index is 12.9. The fourth-order valence-corrected chi connectivity index (χ4v) is 4.17. The smallest absolute Gasteiger partial charge is 0.283 e. The summed E-state index contributed by atoms with van der Waals surface area (Å²) in [4.78, 5) is 30.7. The quantitative estimate of drug-likeness (QED) is 0.369. The van der Waals surface area contributed by atoms with Crippen LogP contribution >= 0.6 is 0 Å². The van der Waals surface area contributed by atoms with Crippen LogP contribution in [-0.4, -0.2) is 60.6 Å². The van der Waals surface area contributed by atoms with Crippen molar-refractivity contribution in [2.75, 3.05) is 23.7 Å². The Hall–Kier alpha value is -4.54. The maximum Gasteiger partial charge on any atom is 0.283 e. The van der Waals surface area contributed by atoms with E-state index in [1.807, 2.05) is 25.4 Å². The van der Waals surface area contributed by atoms with Crippen LogP contribution in [-0.2, 0) is 4.79 Å². The number of halogens is 1. The van der Waals surface area contributed by atoms with Crippen LogP contribution in [0.5, 0.6) is 0 Å². The van der Waals surface area contributed by atoms with Gasteiger partial charge in [0, 0.05) is 53.9 Å². The molecular weight excluding hydrogens is 451 g/mol. The molecule has 11 heteroatoms. The highest BCUT2D eigenvalue weighted by atomic mass is 19.1. The Kier molecular flexibility index (Phi) is 5.73. The van der Waals surface area contributed by atoms with Gasteiger partial charge >= 0.3 is 0 Å². The Morgan fingerprint density at radius 3 is 2.74 bits per heavy atom. The summed E-state index contributed by atoms with van der Waals surface area (Å²) in [5, 5.41) is 17.1. The fourth-order valence-electron chi connectivity index (χ4n) is 4.17. The Morgan fingerprint density at radius 2 is 2.03 bits per heavy atom. The number of anilines is 2. The van der Waals surface area contributed by atoms with E-state index in [9.17, 15) is 14.0 Å². The van der Waals surface area contributed by atoms with E-state index in [4.69, 9.17) is 0 Å². The first-order chi connectivity index (χ1) is 16.9. The summed E-state index contributed by atoms with van der Waals surface area (Å²) in [6.07, 6.45) is 6.22. The van der Waals surface area contributed by atoms with Crippen molar-refractivity contribution in [2.45, 2.75) is 19.4 Å². The molecule has 0 saturated carbocycles. The summed E-state index contributed by atoms with van der Waals surface area (Å²) in [6.45, 7) is 6.05. The lowest BCUT2D eigenvalue weighted by molar-refractivity contribution is -0.114. The second-order valence-corrected chi connectivity index (χ2v) is 8.36. The number of carbonyl (C=O) groups excluding carboxylic acids is 2. The molecule has 3 N–H and O–H groups in total. The number of nitrogens with zero attached hydrogens (tertiary/aromatic N) is 5. The molecule has 0 radical (unpaired) electrons. The lowest BCUT2D eigenvalue weighted by atomic mass is 10.1. The van der Waals surface area contributed by atoms with E-state index in [1.165, 1.54) is 0 Å². The molecule has 1 atom stereocenters. The molecule has 0 aliphatic carbocycles. The Morgan fingerprint density at radius 1 is 1.23 bits per heavy atom. The molecule has 1 fully saturated rings. The molecule has 35 heavy (non-hydrogen) atoms. The SMILES string of the molecule is C=C(F)C(=O)Nc1ccc(C(=O)N2CCC(Nc3nc4c(C)c(-c5cn[nH]c5)ccn4n3)C2)cc1. The molecule has 4 heterocycles. The van der Waals surface area contributed by atoms with E-state index >= 15 is 0 Å². The van der Waals surface area contributed by atoms with Crippen molar-refractivity contribution in [3.63, 3.8) is 0 Å². The van der Waals surface area contributed by atoms with Crippen molar-refractivity contribution in [2.24, 2.45) is 0 Å². The summed E-state index contributed by atoms with van der Waals surface area (Å²) in [7, 11) is 0. The zero-order chi connectivity index (χ0) is 24.5. The highest BCUT2D eigenvalue weighted by Crippen LogP contribution is 2.25. The monoisotopic (exact) mass is 474 g/mol. The number of carbonyl (C=O) groups is 2. The molecule has 1 aliphatic heterocycles. The Balaban J connectivity index is 1.23. The van der Waals surface area contributed by atoms with Gasteiger partial charge in [-0.05, 0) is 49.2 Å². The molecule has 0 spiro atoms. The van der Waals surface area contributed by atoms with Crippen molar-refractivity contribution in [1.82, 2.24) is 29.7 Å². The van der Waals surface area contributed by atoms with Crippen LogP contribution in [0, 0.1) is 6.92 Å². The summed E-state index contributed by atoms with van der Waals surface area (Å²) >= 11 is 0. The molecule has 1 saturated heterocycles. The zero-order valence-corrected chi connectivity index (χ0v) is 19.0. The van der Waals surface area contributed by atoms with Gasteiger partial charge in [-0.2, -0.15) is 10.1 Å². The van der Waals surface area contributed by atoms with Crippen molar-refractivity contribution in [3.8, 4) is 11.1 Å². The van der Waals surface area contributed by atoms with Crippen LogP contribution in [0.25, 0.3) is 16.8 Å². The van der Waals surface area contributed by atoms with Gasteiger partial charge in [-0.15, -0.1) is 5.10 Å². The number of aromatic amines is 1. The number of aryl methyl sites for hydroxylation is 1. The number of pyridine rings is 1. The minimum atomic E-state index is -1.07. The number of likely N-dealkylation sites (tertiary alicyclic amines) is 1. The summed E-state index contributed by atoms with van der Waals surface area (Å²) in [5.41, 5.74) is 4.62. The third-order valence-corrected chi connectivity index (χ3v) is 6.01. The van der Waals surface area contributed by atoms with E-state index in [1.54, 1.807) is 39.9 Å². The third-order valence-electron chi connectivity index (χ3n) is 6.01. The molecule has 178 valence electrons. The van der Waals surface area contributed by atoms with Crippen molar-refractivity contribution in [3.05, 3.63) is 72.5 Å². The number of hydrogen-bond donors (Lipinski definition) is 3. The van der Waals surface area contributed by atoms with E-state index < -0.39 is 11.7 Å². The largest absolute Gasteiger partial charge is 0.348 e. The lowest BCUT2D eigenvalue weighted by Gasteiger charge is -2.17. The van der Waals surface area contributed by atoms with Crippen molar-refractivity contribution in [1.29, 1.82) is 0 Å². The van der Waals surface area contributed by atoms with Gasteiger partial charge < -0.3 is 15.5 Å². The molecule has 1 aromatic carbocycles. The second kappa shape index (κ2) is 9.01. The lowest BCUT2D eigenvalue weighted by Crippen LogP contribution is -2.31. The van der Waals surface area contributed by atoms with Crippen LogP contribution in [0.2, 0.25) is 0 Å². The number of amides is 2. The molecular formula is C24H23FN8O2. The average molecular weight is 475 g/mol. The van der Waals surface area contributed by atoms with Crippen molar-refractivity contribution < 1.29 is 14.0 Å². The standard InChI is InChI=1S/C24H23FN8O2/c1-14-20(17-11-26-27-12-17)8-10-33-21(14)30-24(31-33)29-19-7-9-32(13-19)23(35)16-3-5-18(6-4-16)28-22(34)15(2)25/h3-6,8,10-12,19H,2,7,9,13H2,1H3,(H,26,27)(H,28,34)(H,29,31). The average Bonchev–Trinajstić information content (AvgIpc) is 3.61. The summed E-state index contributed by atoms with van der Waals surface area (Å²) in [5.74, 6) is -1.60. The van der Waals surface area contributed by atoms with Gasteiger partial charge in [0.2, 0.25) is 5.95 Å². The van der Waals surface area contributed by atoms with Gasteiger partial charge in [0.25, 0.3) is 11.8 Å².